The predicted molar refractivity (Wildman–Crippen MR) is 122 cm³/mol. The lowest BCUT2D eigenvalue weighted by Crippen LogP contribution is -2.23. The van der Waals surface area contributed by atoms with Crippen LogP contribution in [0.4, 0.5) is 5.69 Å². The maximum Gasteiger partial charge on any atom is 0.359 e. The Bertz CT molecular complexity index is 1380. The van der Waals surface area contributed by atoms with Crippen LogP contribution in [0, 0.1) is 6.92 Å². The Morgan fingerprint density at radius 3 is 2.59 bits per heavy atom. The number of nitrogens with zero attached hydrogens (tertiary/aromatic N) is 3. The van der Waals surface area contributed by atoms with Gasteiger partial charge in [-0.3, -0.25) is 9.59 Å². The van der Waals surface area contributed by atoms with E-state index < -0.39 is 5.97 Å². The van der Waals surface area contributed by atoms with E-state index >= 15 is 0 Å². The van der Waals surface area contributed by atoms with Crippen LogP contribution in [0.5, 0.6) is 0 Å². The summed E-state index contributed by atoms with van der Waals surface area (Å²) >= 11 is 1.32. The summed E-state index contributed by atoms with van der Waals surface area (Å²) < 4.78 is 6.49. The molecule has 0 unspecified atom stereocenters. The zero-order chi connectivity index (χ0) is 22.7. The summed E-state index contributed by atoms with van der Waals surface area (Å²) in [5.41, 5.74) is 2.06. The SMILES string of the molecule is Cc1ccccc1NC(=O)Cc1nc(COC(=O)c2nn(C)c(=O)c3ccccc23)cs1. The lowest BCUT2D eigenvalue weighted by atomic mass is 10.1. The number of nitrogens with one attached hydrogen (secondary N) is 1. The molecule has 1 amide bonds. The van der Waals surface area contributed by atoms with Gasteiger partial charge in [-0.1, -0.05) is 36.4 Å². The monoisotopic (exact) mass is 448 g/mol. The first kappa shape index (κ1) is 21.4. The number of anilines is 1. The number of para-hydroxylation sites is 1. The third kappa shape index (κ3) is 4.57. The van der Waals surface area contributed by atoms with Crippen LogP contribution < -0.4 is 10.9 Å². The fourth-order valence-electron chi connectivity index (χ4n) is 3.20. The number of carbonyl (C=O) groups excluding carboxylic acids is 2. The van der Waals surface area contributed by atoms with Gasteiger partial charge in [0, 0.05) is 23.5 Å². The third-order valence-corrected chi connectivity index (χ3v) is 5.73. The minimum atomic E-state index is -0.649. The van der Waals surface area contributed by atoms with Gasteiger partial charge in [-0.2, -0.15) is 5.10 Å². The molecular formula is C23H20N4O4S. The molecule has 0 atom stereocenters. The van der Waals surface area contributed by atoms with Gasteiger partial charge in [0.05, 0.1) is 17.5 Å². The van der Waals surface area contributed by atoms with Crippen LogP contribution in [0.1, 0.15) is 26.8 Å². The van der Waals surface area contributed by atoms with Gasteiger partial charge >= 0.3 is 5.97 Å². The number of thiazole rings is 1. The number of hydrogen-bond donors (Lipinski definition) is 1. The molecule has 0 aliphatic rings. The Hall–Kier alpha value is -3.85. The molecule has 0 aliphatic carbocycles. The lowest BCUT2D eigenvalue weighted by Gasteiger charge is -2.07. The van der Waals surface area contributed by atoms with Crippen molar-refractivity contribution >= 4 is 39.7 Å². The predicted octanol–water partition coefficient (Wildman–Crippen LogP) is 3.24. The van der Waals surface area contributed by atoms with Gasteiger partial charge in [-0.05, 0) is 24.6 Å². The van der Waals surface area contributed by atoms with E-state index in [1.54, 1.807) is 29.6 Å². The number of fused-ring (bicyclic) bond motifs is 1. The van der Waals surface area contributed by atoms with Gasteiger partial charge in [0.2, 0.25) is 5.91 Å². The van der Waals surface area contributed by atoms with E-state index in [1.165, 1.54) is 18.4 Å². The minimum Gasteiger partial charge on any atom is -0.454 e. The molecule has 0 bridgehead atoms. The Labute approximate surface area is 187 Å². The van der Waals surface area contributed by atoms with Crippen molar-refractivity contribution < 1.29 is 14.3 Å². The van der Waals surface area contributed by atoms with E-state index in [4.69, 9.17) is 4.74 Å². The molecule has 1 N–H and O–H groups in total. The minimum absolute atomic E-state index is 0.0619. The zero-order valence-electron chi connectivity index (χ0n) is 17.5. The number of aromatic nitrogens is 3. The molecule has 9 heteroatoms. The molecular weight excluding hydrogens is 428 g/mol. The van der Waals surface area contributed by atoms with E-state index in [9.17, 15) is 14.4 Å². The van der Waals surface area contributed by atoms with E-state index in [1.807, 2.05) is 31.2 Å². The van der Waals surface area contributed by atoms with E-state index in [0.29, 0.717) is 21.5 Å². The van der Waals surface area contributed by atoms with Gasteiger partial charge in [-0.15, -0.1) is 11.3 Å². The summed E-state index contributed by atoms with van der Waals surface area (Å²) in [4.78, 5) is 41.5. The van der Waals surface area contributed by atoms with Crippen molar-refractivity contribution in [1.29, 1.82) is 0 Å². The van der Waals surface area contributed by atoms with Gasteiger partial charge in [-0.25, -0.2) is 14.5 Å². The molecule has 0 saturated heterocycles. The number of carbonyl (C=O) groups is 2. The topological polar surface area (TPSA) is 103 Å². The molecule has 8 nitrogen and oxygen atoms in total. The van der Waals surface area contributed by atoms with E-state index in [0.717, 1.165) is 15.9 Å². The highest BCUT2D eigenvalue weighted by Gasteiger charge is 2.18. The second-order valence-corrected chi connectivity index (χ2v) is 8.11. The molecule has 2 aromatic heterocycles. The summed E-state index contributed by atoms with van der Waals surface area (Å²) in [6, 6.07) is 14.3. The summed E-state index contributed by atoms with van der Waals surface area (Å²) in [6.07, 6.45) is 0.125. The van der Waals surface area contributed by atoms with Gasteiger partial charge in [0.25, 0.3) is 5.56 Å². The van der Waals surface area contributed by atoms with Gasteiger partial charge in [0.15, 0.2) is 5.69 Å². The Morgan fingerprint density at radius 1 is 1.09 bits per heavy atom. The van der Waals surface area contributed by atoms with Crippen LogP contribution in [0.15, 0.2) is 58.7 Å². The van der Waals surface area contributed by atoms with E-state index in [2.05, 4.69) is 15.4 Å². The average molecular weight is 449 g/mol. The standard InChI is InChI=1S/C23H20N4O4S/c1-14-7-3-6-10-18(14)25-19(28)11-20-24-15(13-32-20)12-31-23(30)21-16-8-4-5-9-17(16)22(29)27(2)26-21/h3-10,13H,11-12H2,1-2H3,(H,25,28). The summed E-state index contributed by atoms with van der Waals surface area (Å²) in [7, 11) is 1.49. The number of benzene rings is 2. The van der Waals surface area contributed by atoms with Crippen LogP contribution in [0.3, 0.4) is 0 Å². The number of esters is 1. The Kier molecular flexibility index (Phi) is 6.09. The van der Waals surface area contributed by atoms with Crippen molar-refractivity contribution in [1.82, 2.24) is 14.8 Å². The highest BCUT2D eigenvalue weighted by atomic mass is 32.1. The number of aryl methyl sites for hydroxylation is 2. The first-order valence-corrected chi connectivity index (χ1v) is 10.7. The van der Waals surface area contributed by atoms with Crippen LogP contribution in [-0.2, 0) is 29.6 Å². The van der Waals surface area contributed by atoms with Crippen LogP contribution in [0.25, 0.3) is 10.8 Å². The Balaban J connectivity index is 1.40. The first-order chi connectivity index (χ1) is 15.4. The van der Waals surface area contributed by atoms with Crippen molar-refractivity contribution in [3.8, 4) is 0 Å². The molecule has 2 heterocycles. The fourth-order valence-corrected chi connectivity index (χ4v) is 3.98. The molecule has 0 fully saturated rings. The zero-order valence-corrected chi connectivity index (χ0v) is 18.3. The van der Waals surface area contributed by atoms with Crippen LogP contribution >= 0.6 is 11.3 Å². The van der Waals surface area contributed by atoms with Crippen LogP contribution in [-0.4, -0.2) is 26.6 Å². The average Bonchev–Trinajstić information content (AvgIpc) is 3.23. The normalized spacial score (nSPS) is 10.8. The van der Waals surface area contributed by atoms with Crippen molar-refractivity contribution in [3.63, 3.8) is 0 Å². The number of rotatable bonds is 6. The quantitative estimate of drug-likeness (QED) is 0.454. The smallest absolute Gasteiger partial charge is 0.359 e. The molecule has 4 rings (SSSR count). The highest BCUT2D eigenvalue weighted by molar-refractivity contribution is 7.09. The molecule has 4 aromatic rings. The lowest BCUT2D eigenvalue weighted by molar-refractivity contribution is -0.115. The molecule has 0 spiro atoms. The number of amides is 1. The summed E-state index contributed by atoms with van der Waals surface area (Å²) in [6.45, 7) is 1.86. The van der Waals surface area contributed by atoms with E-state index in [-0.39, 0.29) is 30.2 Å². The first-order valence-electron chi connectivity index (χ1n) is 9.84. The van der Waals surface area contributed by atoms with Crippen molar-refractivity contribution in [2.45, 2.75) is 20.0 Å². The molecule has 0 aliphatic heterocycles. The van der Waals surface area contributed by atoms with Crippen LogP contribution in [0.2, 0.25) is 0 Å². The molecule has 2 aromatic carbocycles. The largest absolute Gasteiger partial charge is 0.454 e. The van der Waals surface area contributed by atoms with Crippen molar-refractivity contribution in [3.05, 3.63) is 86.2 Å². The fraction of sp³-hybridized carbons (Fsp3) is 0.174. The van der Waals surface area contributed by atoms with Gasteiger partial charge in [0.1, 0.15) is 11.6 Å². The second-order valence-electron chi connectivity index (χ2n) is 7.17. The highest BCUT2D eigenvalue weighted by Crippen LogP contribution is 2.17. The molecule has 162 valence electrons. The third-order valence-electron chi connectivity index (χ3n) is 4.83. The summed E-state index contributed by atoms with van der Waals surface area (Å²) in [5, 5.41) is 10.1. The number of hydrogen-bond acceptors (Lipinski definition) is 7. The molecule has 0 radical (unpaired) electrons. The van der Waals surface area contributed by atoms with Gasteiger partial charge < -0.3 is 10.1 Å². The Morgan fingerprint density at radius 2 is 1.81 bits per heavy atom. The maximum absolute atomic E-state index is 12.6. The maximum atomic E-state index is 12.6. The number of ether oxygens (including phenoxy) is 1. The summed E-state index contributed by atoms with van der Waals surface area (Å²) in [5.74, 6) is -0.818. The molecule has 32 heavy (non-hydrogen) atoms. The molecule has 0 saturated carbocycles. The van der Waals surface area contributed by atoms with Crippen molar-refractivity contribution in [2.75, 3.05) is 5.32 Å². The van der Waals surface area contributed by atoms with Crippen molar-refractivity contribution in [2.24, 2.45) is 7.05 Å². The second kappa shape index (κ2) is 9.11.